The molecule has 4 rings (SSSR count). The normalized spacial score (nSPS) is 11.0. The first-order chi connectivity index (χ1) is 14.5. The highest BCUT2D eigenvalue weighted by Crippen LogP contribution is 2.07. The molecule has 30 heavy (non-hydrogen) atoms. The topological polar surface area (TPSA) is 117 Å². The lowest BCUT2D eigenvalue weighted by molar-refractivity contribution is 0.0944. The van der Waals surface area contributed by atoms with E-state index in [1.54, 1.807) is 4.68 Å². The molecule has 3 aromatic heterocycles. The Kier molecular flexibility index (Phi) is 5.21. The highest BCUT2D eigenvalue weighted by Gasteiger charge is 2.12. The van der Waals surface area contributed by atoms with Crippen molar-refractivity contribution in [1.82, 2.24) is 34.4 Å². The Morgan fingerprint density at radius 2 is 1.90 bits per heavy atom. The lowest BCUT2D eigenvalue weighted by Gasteiger charge is -2.07. The fourth-order valence-corrected chi connectivity index (χ4v) is 3.04. The molecular weight excluding hydrogens is 386 g/mol. The summed E-state index contributed by atoms with van der Waals surface area (Å²) in [6.07, 6.45) is 2.99. The molecule has 4 aromatic rings. The van der Waals surface area contributed by atoms with Crippen LogP contribution in [0.5, 0.6) is 0 Å². The minimum atomic E-state index is -0.403. The molecule has 0 aliphatic rings. The number of rotatable bonds is 6. The Balaban J connectivity index is 1.45. The number of fused-ring (bicyclic) bond motifs is 1. The molecule has 3 heterocycles. The average Bonchev–Trinajstić information content (AvgIpc) is 3.16. The first-order valence-corrected chi connectivity index (χ1v) is 9.30. The Bertz CT molecular complexity index is 1320. The summed E-state index contributed by atoms with van der Waals surface area (Å²) in [6.45, 7) is 1.02. The molecule has 1 aromatic carbocycles. The summed E-state index contributed by atoms with van der Waals surface area (Å²) in [5.74, 6) is -0.403. The van der Waals surface area contributed by atoms with Gasteiger partial charge in [0, 0.05) is 19.7 Å². The molecule has 1 N–H and O–H groups in total. The zero-order chi connectivity index (χ0) is 21.1. The van der Waals surface area contributed by atoms with Crippen LogP contribution in [0.25, 0.3) is 11.0 Å². The van der Waals surface area contributed by atoms with Crippen LogP contribution in [0.2, 0.25) is 0 Å². The summed E-state index contributed by atoms with van der Waals surface area (Å²) in [4.78, 5) is 40.7. The molecule has 1 amide bonds. The largest absolute Gasteiger partial charge is 0.349 e. The van der Waals surface area contributed by atoms with E-state index < -0.39 is 5.91 Å². The second kappa shape index (κ2) is 8.11. The second-order valence-electron chi connectivity index (χ2n) is 6.70. The number of amides is 1. The predicted octanol–water partition coefficient (Wildman–Crippen LogP) is 0.165. The van der Waals surface area contributed by atoms with Crippen LogP contribution in [0.15, 0.2) is 64.6 Å². The van der Waals surface area contributed by atoms with Gasteiger partial charge in [-0.05, 0) is 11.6 Å². The molecule has 0 unspecified atom stereocenters. The molecule has 0 radical (unpaired) electrons. The van der Waals surface area contributed by atoms with Gasteiger partial charge in [0.1, 0.15) is 17.4 Å². The minimum absolute atomic E-state index is 0.143. The fourth-order valence-electron chi connectivity index (χ4n) is 3.04. The molecule has 10 heteroatoms. The van der Waals surface area contributed by atoms with Crippen molar-refractivity contribution in [3.63, 3.8) is 0 Å². The van der Waals surface area contributed by atoms with Gasteiger partial charge in [0.25, 0.3) is 17.0 Å². The van der Waals surface area contributed by atoms with Gasteiger partial charge in [-0.25, -0.2) is 14.3 Å². The monoisotopic (exact) mass is 405 g/mol. The summed E-state index contributed by atoms with van der Waals surface area (Å²) in [5, 5.41) is 11.3. The number of carbonyl (C=O) groups excluding carboxylic acids is 1. The summed E-state index contributed by atoms with van der Waals surface area (Å²) >= 11 is 0. The van der Waals surface area contributed by atoms with E-state index in [0.717, 1.165) is 10.2 Å². The molecule has 10 nitrogen and oxygen atoms in total. The molecule has 0 bridgehead atoms. The standard InChI is InChI=1S/C20H19N7O3/c1-25-17(28)8-7-16(24-25)19(29)21-9-10-27-18-15(11-23-27)20(30)26(13-22-18)12-14-5-3-2-4-6-14/h2-8,11,13H,9-10,12H2,1H3,(H,21,29). The van der Waals surface area contributed by atoms with E-state index in [4.69, 9.17) is 0 Å². The van der Waals surface area contributed by atoms with Crippen molar-refractivity contribution >= 4 is 16.9 Å². The molecular formula is C20H19N7O3. The predicted molar refractivity (Wildman–Crippen MR) is 109 cm³/mol. The Labute approximate surface area is 170 Å². The van der Waals surface area contributed by atoms with Gasteiger partial charge in [0.15, 0.2) is 5.65 Å². The van der Waals surface area contributed by atoms with Crippen molar-refractivity contribution in [3.8, 4) is 0 Å². The number of hydrogen-bond donors (Lipinski definition) is 1. The van der Waals surface area contributed by atoms with Crippen LogP contribution >= 0.6 is 0 Å². The van der Waals surface area contributed by atoms with E-state index in [1.807, 2.05) is 30.3 Å². The first kappa shape index (κ1) is 19.2. The van der Waals surface area contributed by atoms with Gasteiger partial charge in [-0.3, -0.25) is 19.0 Å². The molecule has 0 aliphatic heterocycles. The van der Waals surface area contributed by atoms with Crippen molar-refractivity contribution in [2.24, 2.45) is 7.05 Å². The van der Waals surface area contributed by atoms with Crippen molar-refractivity contribution in [3.05, 3.63) is 87.0 Å². The first-order valence-electron chi connectivity index (χ1n) is 9.30. The highest BCUT2D eigenvalue weighted by atomic mass is 16.2. The van der Waals surface area contributed by atoms with Crippen LogP contribution in [0.4, 0.5) is 0 Å². The summed E-state index contributed by atoms with van der Waals surface area (Å²) in [7, 11) is 1.48. The van der Waals surface area contributed by atoms with Crippen molar-refractivity contribution in [1.29, 1.82) is 0 Å². The van der Waals surface area contributed by atoms with Crippen molar-refractivity contribution < 1.29 is 4.79 Å². The molecule has 0 spiro atoms. The third kappa shape index (κ3) is 3.88. The van der Waals surface area contributed by atoms with Gasteiger partial charge in [-0.15, -0.1) is 0 Å². The Hall–Kier alpha value is -4.08. The summed E-state index contributed by atoms with van der Waals surface area (Å²) in [6, 6.07) is 12.3. The van der Waals surface area contributed by atoms with Crippen LogP contribution in [-0.2, 0) is 20.1 Å². The van der Waals surface area contributed by atoms with E-state index in [2.05, 4.69) is 20.5 Å². The maximum absolute atomic E-state index is 12.7. The molecule has 0 aliphatic carbocycles. The number of nitrogens with one attached hydrogen (secondary N) is 1. The second-order valence-corrected chi connectivity index (χ2v) is 6.70. The van der Waals surface area contributed by atoms with Gasteiger partial charge >= 0.3 is 0 Å². The maximum Gasteiger partial charge on any atom is 0.271 e. The highest BCUT2D eigenvalue weighted by molar-refractivity contribution is 5.91. The van der Waals surface area contributed by atoms with Crippen LogP contribution in [0.3, 0.4) is 0 Å². The van der Waals surface area contributed by atoms with E-state index in [9.17, 15) is 14.4 Å². The minimum Gasteiger partial charge on any atom is -0.349 e. The number of carbonyl (C=O) groups is 1. The van der Waals surface area contributed by atoms with Crippen LogP contribution in [0.1, 0.15) is 16.1 Å². The summed E-state index contributed by atoms with van der Waals surface area (Å²) in [5.41, 5.74) is 1.14. The van der Waals surface area contributed by atoms with E-state index in [0.29, 0.717) is 24.1 Å². The molecule has 0 saturated heterocycles. The smallest absolute Gasteiger partial charge is 0.271 e. The van der Waals surface area contributed by atoms with Gasteiger partial charge in [-0.1, -0.05) is 30.3 Å². The van der Waals surface area contributed by atoms with Crippen LogP contribution < -0.4 is 16.4 Å². The molecule has 0 atom stereocenters. The van der Waals surface area contributed by atoms with Gasteiger partial charge in [0.2, 0.25) is 0 Å². The summed E-state index contributed by atoms with van der Waals surface area (Å²) < 4.78 is 4.20. The molecule has 152 valence electrons. The van der Waals surface area contributed by atoms with Crippen LogP contribution in [0, 0.1) is 0 Å². The molecule has 0 saturated carbocycles. The van der Waals surface area contributed by atoms with Gasteiger partial charge < -0.3 is 5.32 Å². The number of nitrogens with zero attached hydrogens (tertiary/aromatic N) is 6. The maximum atomic E-state index is 12.7. The van der Waals surface area contributed by atoms with Crippen molar-refractivity contribution in [2.45, 2.75) is 13.1 Å². The average molecular weight is 405 g/mol. The molecule has 0 fully saturated rings. The van der Waals surface area contributed by atoms with Crippen molar-refractivity contribution in [2.75, 3.05) is 6.54 Å². The third-order valence-electron chi connectivity index (χ3n) is 4.62. The number of aryl methyl sites for hydroxylation is 1. The van der Waals surface area contributed by atoms with E-state index in [1.165, 1.54) is 36.3 Å². The quantitative estimate of drug-likeness (QED) is 0.489. The number of benzene rings is 1. The fraction of sp³-hybridized carbons (Fsp3) is 0.200. The van der Waals surface area contributed by atoms with E-state index >= 15 is 0 Å². The Morgan fingerprint density at radius 1 is 1.10 bits per heavy atom. The lowest BCUT2D eigenvalue weighted by atomic mass is 10.2. The number of aromatic nitrogens is 6. The Morgan fingerprint density at radius 3 is 2.67 bits per heavy atom. The van der Waals surface area contributed by atoms with Gasteiger partial charge in [-0.2, -0.15) is 10.2 Å². The lowest BCUT2D eigenvalue weighted by Crippen LogP contribution is -2.30. The SMILES string of the molecule is Cn1nc(C(=O)NCCn2ncc3c(=O)n(Cc4ccccc4)cnc32)ccc1=O. The van der Waals surface area contributed by atoms with Gasteiger partial charge in [0.05, 0.1) is 19.3 Å². The zero-order valence-electron chi connectivity index (χ0n) is 16.2. The van der Waals surface area contributed by atoms with E-state index in [-0.39, 0.29) is 23.4 Å². The van der Waals surface area contributed by atoms with Crippen LogP contribution in [-0.4, -0.2) is 41.6 Å². The zero-order valence-corrected chi connectivity index (χ0v) is 16.2. The third-order valence-corrected chi connectivity index (χ3v) is 4.62. The number of hydrogen-bond acceptors (Lipinski definition) is 6.